The Morgan fingerprint density at radius 3 is 2.75 bits per heavy atom. The number of thioether (sulfide) groups is 2. The minimum atomic E-state index is -0.0396. The van der Waals surface area contributed by atoms with Gasteiger partial charge in [-0.15, -0.1) is 23.1 Å². The Bertz CT molecular complexity index is 470. The van der Waals surface area contributed by atoms with E-state index in [1.165, 1.54) is 11.3 Å². The standard InChI is InChI=1S/C13H21N3OS3/c1-3-4-15-12(17)10-9(14)11(18-2)13(20-10)16-5-7-19-8-6-16/h3-8,14H2,1-2H3,(H,15,17). The first-order chi connectivity index (χ1) is 9.69. The lowest BCUT2D eigenvalue weighted by atomic mass is 10.3. The van der Waals surface area contributed by atoms with Crippen molar-refractivity contribution in [3.8, 4) is 0 Å². The fraction of sp³-hybridized carbons (Fsp3) is 0.615. The van der Waals surface area contributed by atoms with Crippen LogP contribution in [0, 0.1) is 0 Å². The number of carbonyl (C=O) groups excluding carboxylic acids is 1. The van der Waals surface area contributed by atoms with Crippen LogP contribution in [-0.2, 0) is 0 Å². The Kier molecular flexibility index (Phi) is 5.92. The summed E-state index contributed by atoms with van der Waals surface area (Å²) in [4.78, 5) is 16.3. The second-order valence-electron chi connectivity index (χ2n) is 4.54. The van der Waals surface area contributed by atoms with E-state index < -0.39 is 0 Å². The van der Waals surface area contributed by atoms with Gasteiger partial charge in [0.2, 0.25) is 0 Å². The van der Waals surface area contributed by atoms with Crippen molar-refractivity contribution in [2.24, 2.45) is 0 Å². The summed E-state index contributed by atoms with van der Waals surface area (Å²) >= 11 is 5.15. The van der Waals surface area contributed by atoms with Gasteiger partial charge in [-0.2, -0.15) is 11.8 Å². The normalized spacial score (nSPS) is 15.4. The summed E-state index contributed by atoms with van der Waals surface area (Å²) in [7, 11) is 0. The Labute approximate surface area is 132 Å². The number of anilines is 2. The molecule has 0 bridgehead atoms. The first-order valence-corrected chi connectivity index (χ1v) is 9.95. The van der Waals surface area contributed by atoms with E-state index in [0.717, 1.165) is 40.9 Å². The van der Waals surface area contributed by atoms with Gasteiger partial charge in [-0.1, -0.05) is 6.92 Å². The molecule has 3 N–H and O–H groups in total. The van der Waals surface area contributed by atoms with Gasteiger partial charge in [0.15, 0.2) is 0 Å². The molecule has 0 spiro atoms. The third-order valence-electron chi connectivity index (χ3n) is 3.13. The van der Waals surface area contributed by atoms with E-state index in [1.54, 1.807) is 11.8 Å². The van der Waals surface area contributed by atoms with Crippen LogP contribution in [0.15, 0.2) is 4.90 Å². The van der Waals surface area contributed by atoms with Gasteiger partial charge in [0.05, 0.1) is 10.6 Å². The van der Waals surface area contributed by atoms with E-state index in [0.29, 0.717) is 17.1 Å². The van der Waals surface area contributed by atoms with E-state index in [2.05, 4.69) is 10.2 Å². The second kappa shape index (κ2) is 7.47. The smallest absolute Gasteiger partial charge is 0.263 e. The predicted octanol–water partition coefficient (Wildman–Crippen LogP) is 2.75. The SMILES string of the molecule is CCCNC(=O)c1sc(N2CCSCC2)c(SC)c1N. The summed E-state index contributed by atoms with van der Waals surface area (Å²) < 4.78 is 0. The van der Waals surface area contributed by atoms with Crippen LogP contribution in [0.1, 0.15) is 23.0 Å². The molecule has 1 amide bonds. The molecule has 4 nitrogen and oxygen atoms in total. The maximum atomic E-state index is 12.2. The fourth-order valence-electron chi connectivity index (χ4n) is 2.08. The summed E-state index contributed by atoms with van der Waals surface area (Å²) in [6.07, 6.45) is 2.96. The van der Waals surface area contributed by atoms with Crippen molar-refractivity contribution in [3.05, 3.63) is 4.88 Å². The molecule has 0 atom stereocenters. The molecule has 0 aromatic carbocycles. The number of hydrogen-bond acceptors (Lipinski definition) is 6. The third-order valence-corrected chi connectivity index (χ3v) is 6.28. The lowest BCUT2D eigenvalue weighted by Crippen LogP contribution is -2.32. The molecule has 0 unspecified atom stereocenters. The molecule has 112 valence electrons. The number of nitrogens with two attached hydrogens (primary N) is 1. The van der Waals surface area contributed by atoms with E-state index in [4.69, 9.17) is 5.73 Å². The molecular formula is C13H21N3OS3. The van der Waals surface area contributed by atoms with Crippen LogP contribution >= 0.6 is 34.9 Å². The number of carbonyl (C=O) groups is 1. The number of thiophene rings is 1. The highest BCUT2D eigenvalue weighted by molar-refractivity contribution is 7.99. The Morgan fingerprint density at radius 2 is 2.15 bits per heavy atom. The quantitative estimate of drug-likeness (QED) is 0.813. The van der Waals surface area contributed by atoms with Crippen molar-refractivity contribution in [2.75, 3.05) is 48.0 Å². The first kappa shape index (κ1) is 15.9. The molecule has 1 fully saturated rings. The topological polar surface area (TPSA) is 58.4 Å². The third kappa shape index (κ3) is 3.38. The lowest BCUT2D eigenvalue weighted by molar-refractivity contribution is 0.0958. The van der Waals surface area contributed by atoms with E-state index >= 15 is 0 Å². The highest BCUT2D eigenvalue weighted by Gasteiger charge is 2.24. The minimum Gasteiger partial charge on any atom is -0.396 e. The maximum absolute atomic E-state index is 12.2. The van der Waals surface area contributed by atoms with Gasteiger partial charge in [0.25, 0.3) is 5.91 Å². The van der Waals surface area contributed by atoms with E-state index in [-0.39, 0.29) is 5.91 Å². The molecule has 20 heavy (non-hydrogen) atoms. The average Bonchev–Trinajstić information content (AvgIpc) is 2.82. The minimum absolute atomic E-state index is 0.0396. The Hall–Kier alpha value is -0.530. The summed E-state index contributed by atoms with van der Waals surface area (Å²) in [5.74, 6) is 2.24. The van der Waals surface area contributed by atoms with Crippen LogP contribution in [0.3, 0.4) is 0 Å². The molecule has 7 heteroatoms. The van der Waals surface area contributed by atoms with Crippen LogP contribution in [0.2, 0.25) is 0 Å². The summed E-state index contributed by atoms with van der Waals surface area (Å²) in [5, 5.41) is 4.08. The van der Waals surface area contributed by atoms with E-state index in [1.807, 2.05) is 24.9 Å². The van der Waals surface area contributed by atoms with Crippen LogP contribution < -0.4 is 16.0 Å². The molecule has 0 aliphatic carbocycles. The number of nitrogen functional groups attached to an aromatic ring is 1. The maximum Gasteiger partial charge on any atom is 0.263 e. The Balaban J connectivity index is 2.25. The van der Waals surface area contributed by atoms with Gasteiger partial charge >= 0.3 is 0 Å². The highest BCUT2D eigenvalue weighted by Crippen LogP contribution is 2.44. The first-order valence-electron chi connectivity index (χ1n) is 6.76. The predicted molar refractivity (Wildman–Crippen MR) is 92.7 cm³/mol. The zero-order valence-electron chi connectivity index (χ0n) is 11.9. The average molecular weight is 332 g/mol. The molecule has 0 radical (unpaired) electrons. The lowest BCUT2D eigenvalue weighted by Gasteiger charge is -2.27. The molecule has 2 heterocycles. The fourth-order valence-corrected chi connectivity index (χ4v) is 5.13. The summed E-state index contributed by atoms with van der Waals surface area (Å²) in [6, 6.07) is 0. The zero-order valence-corrected chi connectivity index (χ0v) is 14.3. The van der Waals surface area contributed by atoms with Crippen molar-refractivity contribution in [2.45, 2.75) is 18.2 Å². The largest absolute Gasteiger partial charge is 0.396 e. The van der Waals surface area contributed by atoms with Gasteiger partial charge in [0, 0.05) is 31.1 Å². The molecule has 1 aromatic heterocycles. The van der Waals surface area contributed by atoms with Crippen LogP contribution in [-0.4, -0.2) is 43.3 Å². The molecule has 1 aliphatic heterocycles. The van der Waals surface area contributed by atoms with Crippen LogP contribution in [0.25, 0.3) is 0 Å². The molecule has 1 aliphatic rings. The monoisotopic (exact) mass is 331 g/mol. The Morgan fingerprint density at radius 1 is 1.45 bits per heavy atom. The molecule has 1 aromatic rings. The van der Waals surface area contributed by atoms with Gasteiger partial charge in [-0.25, -0.2) is 0 Å². The summed E-state index contributed by atoms with van der Waals surface area (Å²) in [5.41, 5.74) is 6.83. The number of rotatable bonds is 5. The highest BCUT2D eigenvalue weighted by atomic mass is 32.2. The van der Waals surface area contributed by atoms with E-state index in [9.17, 15) is 4.79 Å². The molecule has 1 saturated heterocycles. The number of hydrogen-bond donors (Lipinski definition) is 2. The van der Waals surface area contributed by atoms with Crippen molar-refractivity contribution in [3.63, 3.8) is 0 Å². The molecule has 0 saturated carbocycles. The second-order valence-corrected chi connectivity index (χ2v) is 7.58. The van der Waals surface area contributed by atoms with Gasteiger partial charge < -0.3 is 16.0 Å². The number of amides is 1. The molecule has 2 rings (SSSR count). The van der Waals surface area contributed by atoms with Crippen LogP contribution in [0.5, 0.6) is 0 Å². The van der Waals surface area contributed by atoms with Crippen molar-refractivity contribution in [1.82, 2.24) is 5.32 Å². The number of nitrogens with one attached hydrogen (secondary N) is 1. The van der Waals surface area contributed by atoms with Crippen molar-refractivity contribution in [1.29, 1.82) is 0 Å². The van der Waals surface area contributed by atoms with Gasteiger partial charge in [-0.3, -0.25) is 4.79 Å². The number of nitrogens with zero attached hydrogens (tertiary/aromatic N) is 1. The van der Waals surface area contributed by atoms with Gasteiger partial charge in [0.1, 0.15) is 9.88 Å². The zero-order chi connectivity index (χ0) is 14.5. The summed E-state index contributed by atoms with van der Waals surface area (Å²) in [6.45, 7) is 4.81. The van der Waals surface area contributed by atoms with Crippen LogP contribution in [0.4, 0.5) is 10.7 Å². The van der Waals surface area contributed by atoms with Gasteiger partial charge in [-0.05, 0) is 12.7 Å². The van der Waals surface area contributed by atoms with Crippen molar-refractivity contribution < 1.29 is 4.79 Å². The van der Waals surface area contributed by atoms with Crippen molar-refractivity contribution >= 4 is 51.5 Å². The molecular weight excluding hydrogens is 310 g/mol.